The van der Waals surface area contributed by atoms with E-state index in [4.69, 9.17) is 4.74 Å². The third kappa shape index (κ3) is 2.58. The topological polar surface area (TPSA) is 66.9 Å². The number of hydrogen-bond donors (Lipinski definition) is 0. The molecule has 0 bridgehead atoms. The molecule has 1 unspecified atom stereocenters. The van der Waals surface area contributed by atoms with E-state index in [0.717, 1.165) is 24.0 Å². The Kier molecular flexibility index (Phi) is 3.98. The third-order valence-corrected chi connectivity index (χ3v) is 6.16. The lowest BCUT2D eigenvalue weighted by Crippen LogP contribution is -2.69. The molecule has 1 aliphatic carbocycles. The maximum atomic E-state index is 13.5. The first-order valence-electron chi connectivity index (χ1n) is 10.0. The minimum atomic E-state index is -1.38. The highest BCUT2D eigenvalue weighted by molar-refractivity contribution is 6.15. The molecule has 5 rings (SSSR count). The van der Waals surface area contributed by atoms with Gasteiger partial charge < -0.3 is 9.64 Å². The first-order valence-corrected chi connectivity index (χ1v) is 10.0. The van der Waals surface area contributed by atoms with Gasteiger partial charge in [0.1, 0.15) is 6.61 Å². The van der Waals surface area contributed by atoms with Gasteiger partial charge in [-0.1, -0.05) is 36.4 Å². The molecule has 1 saturated heterocycles. The second kappa shape index (κ2) is 6.44. The lowest BCUT2D eigenvalue weighted by atomic mass is 9.96. The lowest BCUT2D eigenvalue weighted by molar-refractivity contribution is -0.159. The average Bonchev–Trinajstić information content (AvgIpc) is 3.50. The van der Waals surface area contributed by atoms with Gasteiger partial charge in [-0.25, -0.2) is 4.79 Å². The summed E-state index contributed by atoms with van der Waals surface area (Å²) in [5.74, 6) is -0.869. The number of aryl methyl sites for hydroxylation is 1. The van der Waals surface area contributed by atoms with Crippen LogP contribution in [0.15, 0.2) is 48.5 Å². The van der Waals surface area contributed by atoms with Gasteiger partial charge >= 0.3 is 5.97 Å². The highest BCUT2D eigenvalue weighted by atomic mass is 16.5. The summed E-state index contributed by atoms with van der Waals surface area (Å²) in [7, 11) is 0. The normalized spacial score (nSPS) is 23.1. The Morgan fingerprint density at radius 1 is 1.10 bits per heavy atom. The molecule has 0 spiro atoms. The SMILES string of the molecule is Cc1ccccc1COC(=O)C12CCC(=O)N1c1ccccc1C(=O)N2C1CC1. The predicted molar refractivity (Wildman–Crippen MR) is 106 cm³/mol. The van der Waals surface area contributed by atoms with E-state index in [1.807, 2.05) is 31.2 Å². The molecule has 148 valence electrons. The molecule has 1 saturated carbocycles. The highest BCUT2D eigenvalue weighted by Crippen LogP contribution is 2.49. The largest absolute Gasteiger partial charge is 0.458 e. The van der Waals surface area contributed by atoms with E-state index >= 15 is 0 Å². The van der Waals surface area contributed by atoms with Crippen molar-refractivity contribution < 1.29 is 19.1 Å². The van der Waals surface area contributed by atoms with Crippen LogP contribution in [0.5, 0.6) is 0 Å². The standard InChI is InChI=1S/C23H22N2O4/c1-15-6-2-3-7-16(15)14-29-22(28)23-13-12-20(26)25(23)19-9-5-4-8-18(19)21(27)24(23)17-10-11-17/h2-9,17H,10-14H2,1H3. The number of fused-ring (bicyclic) bond motifs is 3. The van der Waals surface area contributed by atoms with Gasteiger partial charge in [-0.15, -0.1) is 0 Å². The first-order chi connectivity index (χ1) is 14.0. The fraction of sp³-hybridized carbons (Fsp3) is 0.348. The molecule has 2 heterocycles. The van der Waals surface area contributed by atoms with Crippen molar-refractivity contribution in [3.8, 4) is 0 Å². The Bertz CT molecular complexity index is 1030. The monoisotopic (exact) mass is 390 g/mol. The number of anilines is 1. The number of nitrogens with zero attached hydrogens (tertiary/aromatic N) is 2. The summed E-state index contributed by atoms with van der Waals surface area (Å²) in [4.78, 5) is 42.9. The molecular formula is C23H22N2O4. The molecule has 6 heteroatoms. The minimum absolute atomic E-state index is 0.0322. The molecule has 6 nitrogen and oxygen atoms in total. The van der Waals surface area contributed by atoms with Crippen LogP contribution in [0.1, 0.15) is 47.2 Å². The number of carbonyl (C=O) groups is 3. The minimum Gasteiger partial charge on any atom is -0.458 e. The number of amides is 2. The Morgan fingerprint density at radius 3 is 2.59 bits per heavy atom. The van der Waals surface area contributed by atoms with E-state index in [1.54, 1.807) is 29.2 Å². The van der Waals surface area contributed by atoms with Gasteiger partial charge in [0.15, 0.2) is 0 Å². The summed E-state index contributed by atoms with van der Waals surface area (Å²) in [6.45, 7) is 2.08. The van der Waals surface area contributed by atoms with Crippen LogP contribution in [0, 0.1) is 6.92 Å². The zero-order valence-electron chi connectivity index (χ0n) is 16.3. The number of esters is 1. The Hall–Kier alpha value is -3.15. The summed E-state index contributed by atoms with van der Waals surface area (Å²) in [6, 6.07) is 14.7. The number of benzene rings is 2. The first kappa shape index (κ1) is 17.9. The Labute approximate surface area is 169 Å². The van der Waals surface area contributed by atoms with Gasteiger partial charge in [-0.05, 0) is 43.0 Å². The molecular weight excluding hydrogens is 368 g/mol. The maximum Gasteiger partial charge on any atom is 0.354 e. The van der Waals surface area contributed by atoms with Gasteiger partial charge in [0.2, 0.25) is 11.6 Å². The molecule has 2 aromatic carbocycles. The second-order valence-electron chi connectivity index (χ2n) is 7.97. The summed E-state index contributed by atoms with van der Waals surface area (Å²) in [5, 5.41) is 0. The van der Waals surface area contributed by atoms with Crippen molar-refractivity contribution in [2.75, 3.05) is 4.90 Å². The van der Waals surface area contributed by atoms with Crippen LogP contribution in [0.25, 0.3) is 0 Å². The molecule has 1 atom stereocenters. The Balaban J connectivity index is 1.56. The van der Waals surface area contributed by atoms with E-state index in [-0.39, 0.29) is 37.3 Å². The van der Waals surface area contributed by atoms with E-state index in [9.17, 15) is 14.4 Å². The fourth-order valence-corrected chi connectivity index (χ4v) is 4.54. The van der Waals surface area contributed by atoms with E-state index < -0.39 is 11.6 Å². The summed E-state index contributed by atoms with van der Waals surface area (Å²) < 4.78 is 5.75. The second-order valence-corrected chi connectivity index (χ2v) is 7.97. The average molecular weight is 390 g/mol. The molecule has 2 fully saturated rings. The van der Waals surface area contributed by atoms with E-state index in [1.165, 1.54) is 4.90 Å². The number of ether oxygens (including phenoxy) is 1. The van der Waals surface area contributed by atoms with Crippen LogP contribution in [0.3, 0.4) is 0 Å². The number of rotatable bonds is 4. The smallest absolute Gasteiger partial charge is 0.354 e. The zero-order chi connectivity index (χ0) is 20.2. The van der Waals surface area contributed by atoms with Crippen molar-refractivity contribution in [1.82, 2.24) is 4.90 Å². The lowest BCUT2D eigenvalue weighted by Gasteiger charge is -2.48. The Morgan fingerprint density at radius 2 is 1.83 bits per heavy atom. The van der Waals surface area contributed by atoms with Gasteiger partial charge in [-0.2, -0.15) is 0 Å². The molecule has 2 aromatic rings. The zero-order valence-corrected chi connectivity index (χ0v) is 16.3. The van der Waals surface area contributed by atoms with E-state index in [0.29, 0.717) is 11.3 Å². The number of carbonyl (C=O) groups excluding carboxylic acids is 3. The number of hydrogen-bond acceptors (Lipinski definition) is 4. The van der Waals surface area contributed by atoms with Crippen molar-refractivity contribution in [3.05, 3.63) is 65.2 Å². The molecule has 29 heavy (non-hydrogen) atoms. The predicted octanol–water partition coefficient (Wildman–Crippen LogP) is 3.18. The summed E-state index contributed by atoms with van der Waals surface area (Å²) in [6.07, 6.45) is 2.14. The van der Waals surface area contributed by atoms with Gasteiger partial charge in [0.05, 0.1) is 11.3 Å². The van der Waals surface area contributed by atoms with Crippen molar-refractivity contribution >= 4 is 23.5 Å². The molecule has 0 radical (unpaired) electrons. The van der Waals surface area contributed by atoms with E-state index in [2.05, 4.69) is 0 Å². The molecule has 2 amide bonds. The molecule has 3 aliphatic rings. The van der Waals surface area contributed by atoms with Crippen molar-refractivity contribution in [2.45, 2.75) is 50.9 Å². The van der Waals surface area contributed by atoms with Crippen LogP contribution < -0.4 is 4.90 Å². The van der Waals surface area contributed by atoms with Gasteiger partial charge in [0, 0.05) is 18.9 Å². The fourth-order valence-electron chi connectivity index (χ4n) is 4.54. The van der Waals surface area contributed by atoms with Crippen LogP contribution in [0.4, 0.5) is 5.69 Å². The summed E-state index contributed by atoms with van der Waals surface area (Å²) >= 11 is 0. The molecule has 0 N–H and O–H groups in total. The number of para-hydroxylation sites is 1. The van der Waals surface area contributed by atoms with Gasteiger partial charge in [0.25, 0.3) is 5.91 Å². The third-order valence-electron chi connectivity index (χ3n) is 6.16. The van der Waals surface area contributed by atoms with Crippen LogP contribution in [0.2, 0.25) is 0 Å². The van der Waals surface area contributed by atoms with Crippen molar-refractivity contribution in [3.63, 3.8) is 0 Å². The van der Waals surface area contributed by atoms with Crippen molar-refractivity contribution in [2.24, 2.45) is 0 Å². The van der Waals surface area contributed by atoms with Crippen LogP contribution >= 0.6 is 0 Å². The van der Waals surface area contributed by atoms with Crippen molar-refractivity contribution in [1.29, 1.82) is 0 Å². The van der Waals surface area contributed by atoms with Crippen LogP contribution in [-0.4, -0.2) is 34.4 Å². The summed E-state index contributed by atoms with van der Waals surface area (Å²) in [5.41, 5.74) is 1.53. The van der Waals surface area contributed by atoms with Gasteiger partial charge in [-0.3, -0.25) is 14.5 Å². The quantitative estimate of drug-likeness (QED) is 0.752. The molecule has 0 aromatic heterocycles. The van der Waals surface area contributed by atoms with Crippen LogP contribution in [-0.2, 0) is 20.9 Å². The maximum absolute atomic E-state index is 13.5. The highest BCUT2D eigenvalue weighted by Gasteiger charge is 2.64. The molecule has 2 aliphatic heterocycles.